The Bertz CT molecular complexity index is 759. The lowest BCUT2D eigenvalue weighted by Crippen LogP contribution is -1.88. The summed E-state index contributed by atoms with van der Waals surface area (Å²) >= 11 is 0. The second kappa shape index (κ2) is 3.77. The van der Waals surface area contributed by atoms with Gasteiger partial charge in [-0.2, -0.15) is 0 Å². The number of hydrogen-bond acceptors (Lipinski definition) is 3. The van der Waals surface area contributed by atoms with Crippen LogP contribution in [-0.2, 0) is 0 Å². The Labute approximate surface area is 104 Å². The van der Waals surface area contributed by atoms with Gasteiger partial charge in [-0.1, -0.05) is 6.58 Å². The summed E-state index contributed by atoms with van der Waals surface area (Å²) in [6, 6.07) is 5.19. The van der Waals surface area contributed by atoms with Crippen LogP contribution < -0.4 is 4.74 Å². The first-order valence-corrected chi connectivity index (χ1v) is 5.54. The molecule has 0 fully saturated rings. The lowest BCUT2D eigenvalue weighted by molar-refractivity contribution is 0.418. The predicted molar refractivity (Wildman–Crippen MR) is 71.9 cm³/mol. The molecule has 0 spiro atoms. The number of benzene rings is 1. The molecule has 0 amide bonds. The first kappa shape index (κ1) is 10.7. The molecule has 2 N–H and O–H groups in total. The van der Waals surface area contributed by atoms with Crippen molar-refractivity contribution in [3.8, 4) is 11.5 Å². The summed E-state index contributed by atoms with van der Waals surface area (Å²) in [5.41, 5.74) is 2.56. The third kappa shape index (κ3) is 1.35. The third-order valence-corrected chi connectivity index (χ3v) is 3.02. The van der Waals surface area contributed by atoms with Gasteiger partial charge in [0.1, 0.15) is 11.5 Å². The first-order chi connectivity index (χ1) is 8.74. The number of aromatic nitrogens is 2. The Balaban J connectivity index is 2.56. The molecule has 3 aromatic rings. The fourth-order valence-corrected chi connectivity index (χ4v) is 2.19. The van der Waals surface area contributed by atoms with Crippen molar-refractivity contribution >= 4 is 27.9 Å². The number of aromatic amines is 1. The second-order valence-electron chi connectivity index (χ2n) is 4.02. The van der Waals surface area contributed by atoms with Crippen molar-refractivity contribution in [2.24, 2.45) is 0 Å². The van der Waals surface area contributed by atoms with Gasteiger partial charge in [0.2, 0.25) is 0 Å². The molecule has 0 aliphatic carbocycles. The van der Waals surface area contributed by atoms with E-state index >= 15 is 0 Å². The highest BCUT2D eigenvalue weighted by Gasteiger charge is 2.13. The number of fused-ring (bicyclic) bond motifs is 3. The Morgan fingerprint density at radius 1 is 1.44 bits per heavy atom. The molecule has 0 unspecified atom stereocenters. The van der Waals surface area contributed by atoms with Crippen molar-refractivity contribution in [1.29, 1.82) is 0 Å². The van der Waals surface area contributed by atoms with Gasteiger partial charge in [0.25, 0.3) is 0 Å². The van der Waals surface area contributed by atoms with Gasteiger partial charge in [-0.3, -0.25) is 4.98 Å². The molecule has 0 atom stereocenters. The van der Waals surface area contributed by atoms with E-state index in [0.29, 0.717) is 5.75 Å². The number of phenols is 1. The van der Waals surface area contributed by atoms with Gasteiger partial charge in [-0.05, 0) is 24.3 Å². The van der Waals surface area contributed by atoms with Gasteiger partial charge in [0.15, 0.2) is 0 Å². The highest BCUT2D eigenvalue weighted by molar-refractivity contribution is 6.12. The fourth-order valence-electron chi connectivity index (χ4n) is 2.19. The van der Waals surface area contributed by atoms with E-state index in [0.717, 1.165) is 27.5 Å². The number of phenolic OH excluding ortho intramolecular Hbond substituents is 1. The predicted octanol–water partition coefficient (Wildman–Crippen LogP) is 3.07. The molecule has 3 rings (SSSR count). The van der Waals surface area contributed by atoms with Crippen LogP contribution in [0.3, 0.4) is 0 Å². The van der Waals surface area contributed by atoms with Crippen LogP contribution in [0.4, 0.5) is 0 Å². The monoisotopic (exact) mass is 240 g/mol. The molecule has 0 bridgehead atoms. The number of H-pyrrole nitrogens is 1. The number of nitrogens with one attached hydrogen (secondary N) is 1. The zero-order valence-electron chi connectivity index (χ0n) is 9.90. The molecular formula is C14H12N2O2. The molecule has 0 aliphatic heterocycles. The van der Waals surface area contributed by atoms with Crippen LogP contribution in [0.25, 0.3) is 27.9 Å². The topological polar surface area (TPSA) is 58.1 Å². The minimum Gasteiger partial charge on any atom is -0.508 e. The molecule has 90 valence electrons. The van der Waals surface area contributed by atoms with E-state index in [4.69, 9.17) is 4.74 Å². The summed E-state index contributed by atoms with van der Waals surface area (Å²) in [5.74, 6) is 0.898. The Kier molecular flexibility index (Phi) is 2.23. The maximum atomic E-state index is 9.61. The quantitative estimate of drug-likeness (QED) is 0.723. The van der Waals surface area contributed by atoms with E-state index in [1.807, 2.05) is 6.07 Å². The van der Waals surface area contributed by atoms with Gasteiger partial charge in [0.05, 0.1) is 29.9 Å². The van der Waals surface area contributed by atoms with Crippen molar-refractivity contribution in [2.45, 2.75) is 0 Å². The third-order valence-electron chi connectivity index (χ3n) is 3.02. The number of aromatic hydroxyl groups is 1. The SMILES string of the molecule is C=Cc1ncc(OC)c2c1[nH]c1ccc(O)cc12. The van der Waals surface area contributed by atoms with E-state index in [2.05, 4.69) is 16.5 Å². The van der Waals surface area contributed by atoms with Crippen LogP contribution in [0.1, 0.15) is 5.69 Å². The Morgan fingerprint density at radius 3 is 3.00 bits per heavy atom. The van der Waals surface area contributed by atoms with Crippen LogP contribution in [0.15, 0.2) is 31.0 Å². The standard InChI is InChI=1S/C14H12N2O2/c1-3-10-14-13(12(18-2)7-15-10)9-6-8(17)4-5-11(9)16-14/h3-7,16-17H,1H2,2H3. The van der Waals surface area contributed by atoms with E-state index in [-0.39, 0.29) is 5.75 Å². The van der Waals surface area contributed by atoms with Crippen molar-refractivity contribution < 1.29 is 9.84 Å². The van der Waals surface area contributed by atoms with Gasteiger partial charge >= 0.3 is 0 Å². The fraction of sp³-hybridized carbons (Fsp3) is 0.0714. The van der Waals surface area contributed by atoms with Crippen molar-refractivity contribution in [2.75, 3.05) is 7.11 Å². The van der Waals surface area contributed by atoms with E-state index < -0.39 is 0 Å². The van der Waals surface area contributed by atoms with E-state index in [1.54, 1.807) is 31.5 Å². The summed E-state index contributed by atoms with van der Waals surface area (Å²) in [6.45, 7) is 3.75. The lowest BCUT2D eigenvalue weighted by atomic mass is 10.1. The van der Waals surface area contributed by atoms with Gasteiger partial charge in [-0.25, -0.2) is 0 Å². The second-order valence-corrected chi connectivity index (χ2v) is 4.02. The minimum atomic E-state index is 0.224. The number of pyridine rings is 1. The molecule has 1 aromatic carbocycles. The van der Waals surface area contributed by atoms with Crippen LogP contribution >= 0.6 is 0 Å². The zero-order valence-corrected chi connectivity index (χ0v) is 9.90. The normalized spacial score (nSPS) is 10.9. The number of methoxy groups -OCH3 is 1. The summed E-state index contributed by atoms with van der Waals surface area (Å²) in [5, 5.41) is 11.4. The molecule has 4 heteroatoms. The molecule has 0 saturated carbocycles. The number of ether oxygens (including phenoxy) is 1. The average Bonchev–Trinajstić information content (AvgIpc) is 2.76. The van der Waals surface area contributed by atoms with E-state index in [9.17, 15) is 5.11 Å². The van der Waals surface area contributed by atoms with Crippen molar-refractivity contribution in [1.82, 2.24) is 9.97 Å². The number of rotatable bonds is 2. The maximum Gasteiger partial charge on any atom is 0.147 e. The van der Waals surface area contributed by atoms with Crippen LogP contribution in [0.5, 0.6) is 11.5 Å². The zero-order chi connectivity index (χ0) is 12.7. The summed E-state index contributed by atoms with van der Waals surface area (Å²) in [6.07, 6.45) is 3.35. The van der Waals surface area contributed by atoms with Crippen molar-refractivity contribution in [3.63, 3.8) is 0 Å². The largest absolute Gasteiger partial charge is 0.508 e. The van der Waals surface area contributed by atoms with Crippen LogP contribution in [0, 0.1) is 0 Å². The molecule has 0 aliphatic rings. The molecule has 2 heterocycles. The highest BCUT2D eigenvalue weighted by atomic mass is 16.5. The van der Waals surface area contributed by atoms with E-state index in [1.165, 1.54) is 0 Å². The summed E-state index contributed by atoms with van der Waals surface area (Å²) in [7, 11) is 1.60. The highest BCUT2D eigenvalue weighted by Crippen LogP contribution is 2.35. The molecule has 2 aromatic heterocycles. The lowest BCUT2D eigenvalue weighted by Gasteiger charge is -2.03. The van der Waals surface area contributed by atoms with Gasteiger partial charge in [-0.15, -0.1) is 0 Å². The maximum absolute atomic E-state index is 9.61. The molecule has 18 heavy (non-hydrogen) atoms. The minimum absolute atomic E-state index is 0.224. The smallest absolute Gasteiger partial charge is 0.147 e. The molecule has 4 nitrogen and oxygen atoms in total. The molecular weight excluding hydrogens is 228 g/mol. The van der Waals surface area contributed by atoms with Gasteiger partial charge in [0, 0.05) is 10.9 Å². The first-order valence-electron chi connectivity index (χ1n) is 5.54. The Morgan fingerprint density at radius 2 is 2.28 bits per heavy atom. The van der Waals surface area contributed by atoms with Crippen LogP contribution in [0.2, 0.25) is 0 Å². The Hall–Kier alpha value is -2.49. The summed E-state index contributed by atoms with van der Waals surface area (Å²) < 4.78 is 5.33. The number of nitrogens with zero attached hydrogens (tertiary/aromatic N) is 1. The van der Waals surface area contributed by atoms with Crippen LogP contribution in [-0.4, -0.2) is 22.2 Å². The summed E-state index contributed by atoms with van der Waals surface area (Å²) in [4.78, 5) is 7.55. The molecule has 0 saturated heterocycles. The number of hydrogen-bond donors (Lipinski definition) is 2. The molecule has 0 radical (unpaired) electrons. The average molecular weight is 240 g/mol. The van der Waals surface area contributed by atoms with Crippen molar-refractivity contribution in [3.05, 3.63) is 36.7 Å². The van der Waals surface area contributed by atoms with Gasteiger partial charge < -0.3 is 14.8 Å².